The van der Waals surface area contributed by atoms with Crippen LogP contribution in [-0.4, -0.2) is 34.7 Å². The minimum Gasteiger partial charge on any atom is -0.393 e. The molecular formula is C13H17ClN6O. The summed E-state index contributed by atoms with van der Waals surface area (Å²) in [5.41, 5.74) is 6.47. The van der Waals surface area contributed by atoms with Gasteiger partial charge in [0.15, 0.2) is 11.6 Å². The predicted octanol–water partition coefficient (Wildman–Crippen LogP) is 2.30. The minimum absolute atomic E-state index is 0.0775. The Morgan fingerprint density at radius 3 is 2.71 bits per heavy atom. The van der Waals surface area contributed by atoms with Gasteiger partial charge in [-0.05, 0) is 19.1 Å². The SMILES string of the molecule is COCC(C)Nc1ncnc(Nc2ccc(Cl)cn2)c1N. The van der Waals surface area contributed by atoms with Crippen molar-refractivity contribution >= 4 is 34.7 Å². The molecule has 2 aromatic rings. The summed E-state index contributed by atoms with van der Waals surface area (Å²) in [6, 6.07) is 3.55. The number of methoxy groups -OCH3 is 1. The largest absolute Gasteiger partial charge is 0.393 e. The Hall–Kier alpha value is -2.12. The Morgan fingerprint density at radius 2 is 2.05 bits per heavy atom. The van der Waals surface area contributed by atoms with Crippen molar-refractivity contribution < 1.29 is 4.74 Å². The van der Waals surface area contributed by atoms with E-state index in [2.05, 4.69) is 25.6 Å². The fourth-order valence-corrected chi connectivity index (χ4v) is 1.82. The van der Waals surface area contributed by atoms with E-state index in [0.717, 1.165) is 0 Å². The maximum atomic E-state index is 6.06. The third kappa shape index (κ3) is 4.17. The topological polar surface area (TPSA) is 98.0 Å². The number of ether oxygens (including phenoxy) is 1. The lowest BCUT2D eigenvalue weighted by molar-refractivity contribution is 0.190. The maximum absolute atomic E-state index is 6.06. The van der Waals surface area contributed by atoms with Gasteiger partial charge in [-0.3, -0.25) is 0 Å². The van der Waals surface area contributed by atoms with Crippen LogP contribution in [0.4, 0.5) is 23.1 Å². The first-order valence-electron chi connectivity index (χ1n) is 6.34. The smallest absolute Gasteiger partial charge is 0.160 e. The first kappa shape index (κ1) is 15.3. The van der Waals surface area contributed by atoms with E-state index in [9.17, 15) is 0 Å². The Bertz CT molecular complexity index is 592. The van der Waals surface area contributed by atoms with E-state index in [1.54, 1.807) is 25.4 Å². The number of pyridine rings is 1. The van der Waals surface area contributed by atoms with Gasteiger partial charge in [-0.15, -0.1) is 0 Å². The zero-order chi connectivity index (χ0) is 15.2. The molecule has 0 spiro atoms. The number of halogens is 1. The highest BCUT2D eigenvalue weighted by Gasteiger charge is 2.11. The third-order valence-electron chi connectivity index (χ3n) is 2.66. The number of hydrogen-bond acceptors (Lipinski definition) is 7. The van der Waals surface area contributed by atoms with E-state index < -0.39 is 0 Å². The molecule has 4 N–H and O–H groups in total. The van der Waals surface area contributed by atoms with E-state index in [-0.39, 0.29) is 6.04 Å². The molecule has 2 heterocycles. The van der Waals surface area contributed by atoms with Crippen LogP contribution in [-0.2, 0) is 4.74 Å². The molecule has 0 bridgehead atoms. The summed E-state index contributed by atoms with van der Waals surface area (Å²) >= 11 is 5.80. The molecule has 2 rings (SSSR count). The fraction of sp³-hybridized carbons (Fsp3) is 0.308. The highest BCUT2D eigenvalue weighted by molar-refractivity contribution is 6.30. The van der Waals surface area contributed by atoms with Crippen LogP contribution >= 0.6 is 11.6 Å². The van der Waals surface area contributed by atoms with Crippen LogP contribution in [0.1, 0.15) is 6.92 Å². The van der Waals surface area contributed by atoms with Crippen molar-refractivity contribution in [1.82, 2.24) is 15.0 Å². The van der Waals surface area contributed by atoms with Crippen molar-refractivity contribution in [3.05, 3.63) is 29.7 Å². The third-order valence-corrected chi connectivity index (χ3v) is 2.88. The molecule has 1 unspecified atom stereocenters. The normalized spacial score (nSPS) is 12.0. The molecule has 0 saturated carbocycles. The van der Waals surface area contributed by atoms with Crippen LogP contribution in [0.3, 0.4) is 0 Å². The number of anilines is 4. The van der Waals surface area contributed by atoms with Gasteiger partial charge in [0.1, 0.15) is 17.8 Å². The summed E-state index contributed by atoms with van der Waals surface area (Å²) in [4.78, 5) is 12.4. The summed E-state index contributed by atoms with van der Waals surface area (Å²) < 4.78 is 5.07. The van der Waals surface area contributed by atoms with Crippen LogP contribution in [0.25, 0.3) is 0 Å². The lowest BCUT2D eigenvalue weighted by Gasteiger charge is -2.16. The second-order valence-corrected chi connectivity index (χ2v) is 4.91. The van der Waals surface area contributed by atoms with Crippen molar-refractivity contribution in [2.24, 2.45) is 0 Å². The number of nitrogens with two attached hydrogens (primary N) is 1. The molecule has 0 aliphatic carbocycles. The Balaban J connectivity index is 2.15. The number of aromatic nitrogens is 3. The molecule has 0 radical (unpaired) electrons. The van der Waals surface area contributed by atoms with Gasteiger partial charge in [0.2, 0.25) is 0 Å². The Labute approximate surface area is 127 Å². The molecule has 0 aliphatic heterocycles. The number of nitrogen functional groups attached to an aromatic ring is 1. The molecule has 112 valence electrons. The van der Waals surface area contributed by atoms with E-state index in [1.807, 2.05) is 6.92 Å². The van der Waals surface area contributed by atoms with Crippen molar-refractivity contribution in [2.45, 2.75) is 13.0 Å². The number of nitrogens with one attached hydrogen (secondary N) is 2. The van der Waals surface area contributed by atoms with Gasteiger partial charge in [0, 0.05) is 19.3 Å². The monoisotopic (exact) mass is 308 g/mol. The van der Waals surface area contributed by atoms with Crippen molar-refractivity contribution in [2.75, 3.05) is 30.1 Å². The van der Waals surface area contributed by atoms with Crippen LogP contribution in [0.5, 0.6) is 0 Å². The molecule has 0 amide bonds. The molecule has 7 nitrogen and oxygen atoms in total. The van der Waals surface area contributed by atoms with Crippen molar-refractivity contribution in [3.8, 4) is 0 Å². The van der Waals surface area contributed by atoms with Gasteiger partial charge >= 0.3 is 0 Å². The molecule has 1 atom stereocenters. The van der Waals surface area contributed by atoms with Crippen molar-refractivity contribution in [1.29, 1.82) is 0 Å². The fourth-order valence-electron chi connectivity index (χ4n) is 1.71. The van der Waals surface area contributed by atoms with Crippen molar-refractivity contribution in [3.63, 3.8) is 0 Å². The first-order chi connectivity index (χ1) is 10.1. The molecule has 0 fully saturated rings. The summed E-state index contributed by atoms with van der Waals surface area (Å²) in [7, 11) is 1.64. The van der Waals surface area contributed by atoms with E-state index in [0.29, 0.717) is 34.8 Å². The van der Waals surface area contributed by atoms with Crippen LogP contribution in [0.15, 0.2) is 24.7 Å². The highest BCUT2D eigenvalue weighted by Crippen LogP contribution is 2.25. The van der Waals surface area contributed by atoms with Gasteiger partial charge in [-0.2, -0.15) is 0 Å². The van der Waals surface area contributed by atoms with Gasteiger partial charge < -0.3 is 21.1 Å². The number of nitrogens with zero attached hydrogens (tertiary/aromatic N) is 3. The maximum Gasteiger partial charge on any atom is 0.160 e. The average molecular weight is 309 g/mol. The second kappa shape index (κ2) is 7.05. The van der Waals surface area contributed by atoms with Crippen LogP contribution < -0.4 is 16.4 Å². The summed E-state index contributed by atoms with van der Waals surface area (Å²) in [6.07, 6.45) is 2.97. The van der Waals surface area contributed by atoms with Gasteiger partial charge in [0.25, 0.3) is 0 Å². The van der Waals surface area contributed by atoms with E-state index in [1.165, 1.54) is 6.33 Å². The summed E-state index contributed by atoms with van der Waals surface area (Å²) in [5.74, 6) is 1.62. The number of hydrogen-bond donors (Lipinski definition) is 3. The summed E-state index contributed by atoms with van der Waals surface area (Å²) in [5, 5.41) is 6.75. The second-order valence-electron chi connectivity index (χ2n) is 4.47. The molecule has 21 heavy (non-hydrogen) atoms. The average Bonchev–Trinajstić information content (AvgIpc) is 2.46. The predicted molar refractivity (Wildman–Crippen MR) is 83.9 cm³/mol. The molecule has 0 aromatic carbocycles. The van der Waals surface area contributed by atoms with Crippen LogP contribution in [0, 0.1) is 0 Å². The van der Waals surface area contributed by atoms with Gasteiger partial charge in [0.05, 0.1) is 11.6 Å². The van der Waals surface area contributed by atoms with Crippen LogP contribution in [0.2, 0.25) is 5.02 Å². The quantitative estimate of drug-likeness (QED) is 0.753. The molecule has 8 heteroatoms. The zero-order valence-corrected chi connectivity index (χ0v) is 12.6. The van der Waals surface area contributed by atoms with Gasteiger partial charge in [-0.1, -0.05) is 11.6 Å². The highest BCUT2D eigenvalue weighted by atomic mass is 35.5. The minimum atomic E-state index is 0.0775. The summed E-state index contributed by atoms with van der Waals surface area (Å²) in [6.45, 7) is 2.52. The first-order valence-corrected chi connectivity index (χ1v) is 6.72. The molecular weight excluding hydrogens is 292 g/mol. The molecule has 2 aromatic heterocycles. The Kier molecular flexibility index (Phi) is 5.13. The molecule has 0 aliphatic rings. The lowest BCUT2D eigenvalue weighted by Crippen LogP contribution is -2.22. The number of rotatable bonds is 6. The standard InChI is InChI=1S/C13H17ClN6O/c1-8(6-21-2)19-12-11(15)13(18-7-17-12)20-10-4-3-9(14)5-16-10/h3-5,7-8H,6,15H2,1-2H3,(H2,16,17,18,19,20). The Morgan fingerprint density at radius 1 is 1.29 bits per heavy atom. The van der Waals surface area contributed by atoms with E-state index in [4.69, 9.17) is 22.1 Å². The van der Waals surface area contributed by atoms with E-state index >= 15 is 0 Å². The molecule has 0 saturated heterocycles. The zero-order valence-electron chi connectivity index (χ0n) is 11.8. The van der Waals surface area contributed by atoms with Gasteiger partial charge in [-0.25, -0.2) is 15.0 Å². The lowest BCUT2D eigenvalue weighted by atomic mass is 10.3.